The number of rotatable bonds is 4. The maximum absolute atomic E-state index is 11.4. The number of benzene rings is 1. The van der Waals surface area contributed by atoms with Crippen molar-refractivity contribution in [2.45, 2.75) is 12.8 Å². The van der Waals surface area contributed by atoms with Crippen molar-refractivity contribution in [1.29, 1.82) is 0 Å². The van der Waals surface area contributed by atoms with E-state index in [9.17, 15) is 9.59 Å². The van der Waals surface area contributed by atoms with Gasteiger partial charge in [-0.05, 0) is 12.5 Å². The second-order valence-corrected chi connectivity index (χ2v) is 2.93. The van der Waals surface area contributed by atoms with Crippen LogP contribution in [-0.2, 0) is 14.3 Å². The molecule has 4 heteroatoms. The molecule has 0 bridgehead atoms. The van der Waals surface area contributed by atoms with Gasteiger partial charge < -0.3 is 9.84 Å². The predicted molar refractivity (Wildman–Crippen MR) is 53.5 cm³/mol. The standard InChI is InChI=1S/C11H12O4/c1-2-15-11(14)9(10(12)13)8-6-4-3-5-7-8/h3-7,9H,2H2,1H3,(H,12,13)/t9-/m1/s1. The van der Waals surface area contributed by atoms with E-state index in [2.05, 4.69) is 0 Å². The average molecular weight is 208 g/mol. The number of carboxylic acids is 1. The minimum atomic E-state index is -1.23. The van der Waals surface area contributed by atoms with E-state index in [0.29, 0.717) is 5.56 Å². The molecule has 0 saturated heterocycles. The molecule has 0 unspecified atom stereocenters. The molecule has 0 amide bonds. The first kappa shape index (κ1) is 11.2. The van der Waals surface area contributed by atoms with E-state index in [0.717, 1.165) is 0 Å². The summed E-state index contributed by atoms with van der Waals surface area (Å²) in [6, 6.07) is 8.31. The molecule has 0 spiro atoms. The Kier molecular flexibility index (Phi) is 3.85. The second kappa shape index (κ2) is 5.14. The summed E-state index contributed by atoms with van der Waals surface area (Å²) in [5.74, 6) is -3.15. The van der Waals surface area contributed by atoms with Crippen LogP contribution in [-0.4, -0.2) is 23.7 Å². The van der Waals surface area contributed by atoms with Crippen LogP contribution < -0.4 is 0 Å². The first-order valence-electron chi connectivity index (χ1n) is 4.61. The third-order valence-electron chi connectivity index (χ3n) is 1.90. The van der Waals surface area contributed by atoms with E-state index >= 15 is 0 Å². The van der Waals surface area contributed by atoms with Crippen LogP contribution in [0.3, 0.4) is 0 Å². The van der Waals surface area contributed by atoms with E-state index in [4.69, 9.17) is 9.84 Å². The van der Waals surface area contributed by atoms with Gasteiger partial charge in [0.1, 0.15) is 0 Å². The highest BCUT2D eigenvalue weighted by atomic mass is 16.5. The van der Waals surface area contributed by atoms with Crippen molar-refractivity contribution in [3.05, 3.63) is 35.9 Å². The van der Waals surface area contributed by atoms with Crippen molar-refractivity contribution in [2.75, 3.05) is 6.61 Å². The van der Waals surface area contributed by atoms with Crippen LogP contribution in [0, 0.1) is 0 Å². The maximum Gasteiger partial charge on any atom is 0.324 e. The lowest BCUT2D eigenvalue weighted by Crippen LogP contribution is -2.23. The molecule has 1 rings (SSSR count). The molecule has 1 aromatic carbocycles. The van der Waals surface area contributed by atoms with Crippen molar-refractivity contribution in [1.82, 2.24) is 0 Å². The zero-order chi connectivity index (χ0) is 11.3. The highest BCUT2D eigenvalue weighted by Gasteiger charge is 2.29. The number of carbonyl (C=O) groups excluding carboxylic acids is 1. The van der Waals surface area contributed by atoms with Crippen LogP contribution in [0.5, 0.6) is 0 Å². The summed E-state index contributed by atoms with van der Waals surface area (Å²) in [5, 5.41) is 8.92. The maximum atomic E-state index is 11.4. The molecule has 0 aliphatic carbocycles. The quantitative estimate of drug-likeness (QED) is 0.600. The largest absolute Gasteiger partial charge is 0.480 e. The topological polar surface area (TPSA) is 63.6 Å². The fourth-order valence-corrected chi connectivity index (χ4v) is 1.25. The molecule has 80 valence electrons. The zero-order valence-electron chi connectivity index (χ0n) is 8.34. The van der Waals surface area contributed by atoms with Gasteiger partial charge in [-0.1, -0.05) is 30.3 Å². The van der Waals surface area contributed by atoms with Crippen molar-refractivity contribution in [3.63, 3.8) is 0 Å². The van der Waals surface area contributed by atoms with Gasteiger partial charge in [0.2, 0.25) is 0 Å². The van der Waals surface area contributed by atoms with Gasteiger partial charge >= 0.3 is 11.9 Å². The van der Waals surface area contributed by atoms with Crippen molar-refractivity contribution < 1.29 is 19.4 Å². The van der Waals surface area contributed by atoms with Gasteiger partial charge in [-0.15, -0.1) is 0 Å². The Morgan fingerprint density at radius 2 is 1.93 bits per heavy atom. The molecular formula is C11H12O4. The van der Waals surface area contributed by atoms with Gasteiger partial charge in [0.15, 0.2) is 5.92 Å². The molecule has 1 aromatic rings. The van der Waals surface area contributed by atoms with E-state index in [1.165, 1.54) is 0 Å². The Labute approximate surface area is 87.5 Å². The van der Waals surface area contributed by atoms with Crippen LogP contribution in [0.25, 0.3) is 0 Å². The summed E-state index contributed by atoms with van der Waals surface area (Å²) >= 11 is 0. The summed E-state index contributed by atoms with van der Waals surface area (Å²) in [7, 11) is 0. The first-order valence-corrected chi connectivity index (χ1v) is 4.61. The molecule has 4 nitrogen and oxygen atoms in total. The van der Waals surface area contributed by atoms with Crippen LogP contribution in [0.1, 0.15) is 18.4 Å². The van der Waals surface area contributed by atoms with Gasteiger partial charge in [0.25, 0.3) is 0 Å². The fourth-order valence-electron chi connectivity index (χ4n) is 1.25. The Morgan fingerprint density at radius 1 is 1.33 bits per heavy atom. The Bertz CT molecular complexity index is 345. The number of aliphatic carboxylic acids is 1. The minimum Gasteiger partial charge on any atom is -0.480 e. The molecule has 0 fully saturated rings. The first-order chi connectivity index (χ1) is 7.16. The summed E-state index contributed by atoms with van der Waals surface area (Å²) in [4.78, 5) is 22.3. The molecule has 1 N–H and O–H groups in total. The number of hydrogen-bond acceptors (Lipinski definition) is 3. The van der Waals surface area contributed by atoms with Crippen molar-refractivity contribution >= 4 is 11.9 Å². The fraction of sp³-hybridized carbons (Fsp3) is 0.273. The number of esters is 1. The SMILES string of the molecule is CCOC(=O)[C@@H](C(=O)O)c1ccccc1. The molecule has 0 aliphatic heterocycles. The highest BCUT2D eigenvalue weighted by molar-refractivity contribution is 5.99. The van der Waals surface area contributed by atoms with Crippen LogP contribution in [0.2, 0.25) is 0 Å². The summed E-state index contributed by atoms with van der Waals surface area (Å²) in [6.07, 6.45) is 0. The summed E-state index contributed by atoms with van der Waals surface area (Å²) in [6.45, 7) is 1.82. The van der Waals surface area contributed by atoms with Crippen molar-refractivity contribution in [2.24, 2.45) is 0 Å². The van der Waals surface area contributed by atoms with Crippen molar-refractivity contribution in [3.8, 4) is 0 Å². The molecule has 0 heterocycles. The van der Waals surface area contributed by atoms with Gasteiger partial charge in [0, 0.05) is 0 Å². The smallest absolute Gasteiger partial charge is 0.324 e. The van der Waals surface area contributed by atoms with Gasteiger partial charge in [0.05, 0.1) is 6.61 Å². The van der Waals surface area contributed by atoms with E-state index in [-0.39, 0.29) is 6.61 Å². The van der Waals surface area contributed by atoms with Crippen LogP contribution in [0.4, 0.5) is 0 Å². The van der Waals surface area contributed by atoms with Crippen LogP contribution >= 0.6 is 0 Å². The molecule has 0 aliphatic rings. The lowest BCUT2D eigenvalue weighted by molar-refractivity contribution is -0.153. The lowest BCUT2D eigenvalue weighted by atomic mass is 10.00. The predicted octanol–water partition coefficient (Wildman–Crippen LogP) is 1.42. The lowest BCUT2D eigenvalue weighted by Gasteiger charge is -2.10. The Balaban J connectivity index is 2.94. The molecular weight excluding hydrogens is 196 g/mol. The normalized spacial score (nSPS) is 11.8. The zero-order valence-corrected chi connectivity index (χ0v) is 8.34. The number of carboxylic acid groups (broad SMARTS) is 1. The number of carbonyl (C=O) groups is 2. The molecule has 0 radical (unpaired) electrons. The van der Waals surface area contributed by atoms with E-state index < -0.39 is 17.9 Å². The molecule has 1 atom stereocenters. The van der Waals surface area contributed by atoms with E-state index in [1.807, 2.05) is 0 Å². The molecule has 0 saturated carbocycles. The Hall–Kier alpha value is -1.84. The summed E-state index contributed by atoms with van der Waals surface area (Å²) in [5.41, 5.74) is 0.434. The minimum absolute atomic E-state index is 0.176. The number of hydrogen-bond donors (Lipinski definition) is 1. The Morgan fingerprint density at radius 3 is 2.40 bits per heavy atom. The second-order valence-electron chi connectivity index (χ2n) is 2.93. The van der Waals surface area contributed by atoms with Gasteiger partial charge in [-0.3, -0.25) is 9.59 Å². The summed E-state index contributed by atoms with van der Waals surface area (Å²) < 4.78 is 4.70. The third-order valence-corrected chi connectivity index (χ3v) is 1.90. The van der Waals surface area contributed by atoms with Gasteiger partial charge in [-0.2, -0.15) is 0 Å². The van der Waals surface area contributed by atoms with E-state index in [1.54, 1.807) is 37.3 Å². The average Bonchev–Trinajstić information content (AvgIpc) is 2.19. The molecule has 0 aromatic heterocycles. The molecule has 15 heavy (non-hydrogen) atoms. The third kappa shape index (κ3) is 2.80. The van der Waals surface area contributed by atoms with Crippen LogP contribution in [0.15, 0.2) is 30.3 Å². The highest BCUT2D eigenvalue weighted by Crippen LogP contribution is 2.17. The number of ether oxygens (including phenoxy) is 1. The van der Waals surface area contributed by atoms with Gasteiger partial charge in [-0.25, -0.2) is 0 Å². The monoisotopic (exact) mass is 208 g/mol.